The van der Waals surface area contributed by atoms with Crippen LogP contribution in [0.25, 0.3) is 0 Å². The quantitative estimate of drug-likeness (QED) is 0.607. The smallest absolute Gasteiger partial charge is 0.307 e. The predicted molar refractivity (Wildman–Crippen MR) is 85.1 cm³/mol. The number of carbonyl (C=O) groups is 1. The number of fused-ring (bicyclic) bond motifs is 9. The fraction of sp³-hybridized carbons (Fsp3) is 0.850. The van der Waals surface area contributed by atoms with Crippen molar-refractivity contribution < 1.29 is 9.90 Å². The molecule has 1 N–H and O–H groups in total. The summed E-state index contributed by atoms with van der Waals surface area (Å²) in [5, 5.41) is 9.77. The van der Waals surface area contributed by atoms with Gasteiger partial charge in [0.15, 0.2) is 0 Å². The van der Waals surface area contributed by atoms with Crippen molar-refractivity contribution in [1.82, 2.24) is 0 Å². The molecule has 0 heterocycles. The third-order valence-corrected chi connectivity index (χ3v) is 8.69. The lowest BCUT2D eigenvalue weighted by Crippen LogP contribution is -2.52. The first-order valence-corrected chi connectivity index (χ1v) is 9.56. The Bertz CT molecular complexity index is 532. The van der Waals surface area contributed by atoms with Gasteiger partial charge in [0.2, 0.25) is 0 Å². The summed E-state index contributed by atoms with van der Waals surface area (Å²) in [6, 6.07) is 0. The lowest BCUT2D eigenvalue weighted by atomic mass is 9.49. The van der Waals surface area contributed by atoms with Crippen molar-refractivity contribution in [1.29, 1.82) is 0 Å². The van der Waals surface area contributed by atoms with E-state index in [1.807, 2.05) is 0 Å². The van der Waals surface area contributed by atoms with E-state index in [1.165, 1.54) is 44.9 Å². The summed E-state index contributed by atoms with van der Waals surface area (Å²) in [7, 11) is 0. The zero-order chi connectivity index (χ0) is 15.1. The molecule has 4 saturated carbocycles. The van der Waals surface area contributed by atoms with Crippen LogP contribution >= 0.6 is 0 Å². The van der Waals surface area contributed by atoms with Crippen LogP contribution in [-0.2, 0) is 4.79 Å². The fourth-order valence-electron chi connectivity index (χ4n) is 8.41. The molecule has 4 bridgehead atoms. The van der Waals surface area contributed by atoms with Crippen LogP contribution in [0.3, 0.4) is 0 Å². The lowest BCUT2D eigenvalue weighted by molar-refractivity contribution is -0.151. The zero-order valence-corrected chi connectivity index (χ0v) is 13.6. The maximum Gasteiger partial charge on any atom is 0.307 e. The van der Waals surface area contributed by atoms with Gasteiger partial charge in [-0.1, -0.05) is 38.3 Å². The lowest BCUT2D eigenvalue weighted by Gasteiger charge is -2.55. The monoisotopic (exact) mass is 300 g/mol. The molecule has 4 fully saturated rings. The second-order valence-electron chi connectivity index (χ2n) is 8.98. The van der Waals surface area contributed by atoms with Crippen LogP contribution in [0, 0.1) is 52.8 Å². The van der Waals surface area contributed by atoms with Crippen LogP contribution in [0.5, 0.6) is 0 Å². The van der Waals surface area contributed by atoms with Crippen molar-refractivity contribution in [2.24, 2.45) is 52.8 Å². The number of carboxylic acids is 1. The van der Waals surface area contributed by atoms with E-state index in [-0.39, 0.29) is 5.92 Å². The highest BCUT2D eigenvalue weighted by atomic mass is 16.4. The summed E-state index contributed by atoms with van der Waals surface area (Å²) in [4.78, 5) is 11.9. The average Bonchev–Trinajstić information content (AvgIpc) is 3.24. The van der Waals surface area contributed by atoms with E-state index in [2.05, 4.69) is 19.1 Å². The van der Waals surface area contributed by atoms with E-state index in [9.17, 15) is 9.90 Å². The maximum absolute atomic E-state index is 11.9. The van der Waals surface area contributed by atoms with Crippen molar-refractivity contribution in [3.8, 4) is 0 Å². The van der Waals surface area contributed by atoms with Gasteiger partial charge in [0.05, 0.1) is 5.92 Å². The summed E-state index contributed by atoms with van der Waals surface area (Å²) >= 11 is 0. The van der Waals surface area contributed by atoms with E-state index in [4.69, 9.17) is 0 Å². The van der Waals surface area contributed by atoms with E-state index in [0.717, 1.165) is 11.8 Å². The van der Waals surface area contributed by atoms with Crippen LogP contribution in [0.15, 0.2) is 12.2 Å². The van der Waals surface area contributed by atoms with Crippen molar-refractivity contribution in [2.75, 3.05) is 0 Å². The number of hydrogen-bond acceptors (Lipinski definition) is 1. The van der Waals surface area contributed by atoms with Crippen molar-refractivity contribution in [3.63, 3.8) is 0 Å². The van der Waals surface area contributed by atoms with E-state index in [1.54, 1.807) is 0 Å². The summed E-state index contributed by atoms with van der Waals surface area (Å²) in [5.74, 6) is 4.06. The molecule has 0 radical (unpaired) electrons. The van der Waals surface area contributed by atoms with E-state index < -0.39 is 5.97 Å². The third kappa shape index (κ3) is 1.37. The molecule has 5 aliphatic carbocycles. The normalized spacial score (nSPS) is 55.8. The largest absolute Gasteiger partial charge is 0.481 e. The first-order valence-electron chi connectivity index (χ1n) is 9.56. The molecule has 2 heteroatoms. The van der Waals surface area contributed by atoms with Gasteiger partial charge in [0.25, 0.3) is 0 Å². The SMILES string of the molecule is CC1C(C(=O)O)C2CC1C1(C3CCCCC3)C3C=CC(C3)C21. The number of carboxylic acid groups (broad SMARTS) is 1. The van der Waals surface area contributed by atoms with Gasteiger partial charge in [-0.15, -0.1) is 0 Å². The third-order valence-electron chi connectivity index (χ3n) is 8.69. The van der Waals surface area contributed by atoms with Gasteiger partial charge >= 0.3 is 5.97 Å². The predicted octanol–water partition coefficient (Wildman–Crippen LogP) is 4.36. The van der Waals surface area contributed by atoms with Gasteiger partial charge in [0.1, 0.15) is 0 Å². The molecule has 0 aromatic heterocycles. The highest BCUT2D eigenvalue weighted by Gasteiger charge is 2.74. The molecule has 0 spiro atoms. The second-order valence-corrected chi connectivity index (χ2v) is 8.98. The molecule has 22 heavy (non-hydrogen) atoms. The Morgan fingerprint density at radius 1 is 1.14 bits per heavy atom. The molecule has 8 unspecified atom stereocenters. The van der Waals surface area contributed by atoms with Crippen LogP contribution in [0.1, 0.15) is 51.9 Å². The Hall–Kier alpha value is -0.790. The van der Waals surface area contributed by atoms with Crippen LogP contribution < -0.4 is 0 Å². The van der Waals surface area contributed by atoms with Gasteiger partial charge in [0, 0.05) is 0 Å². The topological polar surface area (TPSA) is 37.3 Å². The molecule has 5 rings (SSSR count). The summed E-state index contributed by atoms with van der Waals surface area (Å²) in [6.07, 6.45) is 14.6. The van der Waals surface area contributed by atoms with Crippen molar-refractivity contribution >= 4 is 5.97 Å². The Morgan fingerprint density at radius 3 is 2.64 bits per heavy atom. The molecule has 0 amide bonds. The van der Waals surface area contributed by atoms with Crippen LogP contribution in [-0.4, -0.2) is 11.1 Å². The molecule has 2 nitrogen and oxygen atoms in total. The molecule has 5 aliphatic rings. The van der Waals surface area contributed by atoms with Crippen molar-refractivity contribution in [3.05, 3.63) is 12.2 Å². The minimum Gasteiger partial charge on any atom is -0.481 e. The first-order chi connectivity index (χ1) is 10.7. The van der Waals surface area contributed by atoms with Gasteiger partial charge in [-0.3, -0.25) is 4.79 Å². The Balaban J connectivity index is 1.60. The van der Waals surface area contributed by atoms with Gasteiger partial charge in [-0.2, -0.15) is 0 Å². The van der Waals surface area contributed by atoms with Gasteiger partial charge in [-0.05, 0) is 72.5 Å². The molecule has 0 aliphatic heterocycles. The molecule has 0 saturated heterocycles. The van der Waals surface area contributed by atoms with Crippen LogP contribution in [0.4, 0.5) is 0 Å². The Kier molecular flexibility index (Phi) is 2.72. The Labute approximate surface area is 133 Å². The van der Waals surface area contributed by atoms with Crippen LogP contribution in [0.2, 0.25) is 0 Å². The first kappa shape index (κ1) is 13.6. The van der Waals surface area contributed by atoms with E-state index in [0.29, 0.717) is 35.0 Å². The minimum absolute atomic E-state index is 0.0561. The second kappa shape index (κ2) is 4.39. The molecular weight excluding hydrogens is 272 g/mol. The fourth-order valence-corrected chi connectivity index (χ4v) is 8.41. The average molecular weight is 300 g/mol. The number of hydrogen-bond donors (Lipinski definition) is 1. The van der Waals surface area contributed by atoms with E-state index >= 15 is 0 Å². The molecular formula is C20H28O2. The Morgan fingerprint density at radius 2 is 1.91 bits per heavy atom. The van der Waals surface area contributed by atoms with Crippen molar-refractivity contribution in [2.45, 2.75) is 51.9 Å². The number of aliphatic carboxylic acids is 1. The number of allylic oxidation sites excluding steroid dienone is 2. The molecule has 8 atom stereocenters. The highest BCUT2D eigenvalue weighted by molar-refractivity contribution is 5.72. The summed E-state index contributed by atoms with van der Waals surface area (Å²) in [5.41, 5.74) is 0.496. The number of rotatable bonds is 2. The zero-order valence-electron chi connectivity index (χ0n) is 13.6. The van der Waals surface area contributed by atoms with Gasteiger partial charge in [-0.25, -0.2) is 0 Å². The summed E-state index contributed by atoms with van der Waals surface area (Å²) in [6.45, 7) is 2.26. The van der Waals surface area contributed by atoms with Gasteiger partial charge < -0.3 is 5.11 Å². The minimum atomic E-state index is -0.510. The standard InChI is InChI=1S/C20H28O2/c1-11-16-10-15(17(11)19(21)22)18-12-7-8-14(9-12)20(16,18)13-5-3-2-4-6-13/h7-8,11-18H,2-6,9-10H2,1H3,(H,21,22). The highest BCUT2D eigenvalue weighted by Crippen LogP contribution is 2.78. The molecule has 120 valence electrons. The molecule has 0 aromatic carbocycles. The maximum atomic E-state index is 11.9. The summed E-state index contributed by atoms with van der Waals surface area (Å²) < 4.78 is 0. The molecule has 0 aromatic rings.